The molecule has 4 aromatic rings. The third-order valence-corrected chi connectivity index (χ3v) is 5.90. The van der Waals surface area contributed by atoms with Gasteiger partial charge in [-0.2, -0.15) is 5.26 Å². The Hall–Kier alpha value is -3.23. The minimum absolute atomic E-state index is 0.0192. The number of aromatic nitrogens is 2. The van der Waals surface area contributed by atoms with Gasteiger partial charge in [0.15, 0.2) is 0 Å². The monoisotopic (exact) mass is 385 g/mol. The molecule has 0 aliphatic heterocycles. The zero-order valence-corrected chi connectivity index (χ0v) is 16.4. The smallest absolute Gasteiger partial charge is 0.262 e. The van der Waals surface area contributed by atoms with E-state index < -0.39 is 0 Å². The van der Waals surface area contributed by atoms with Crippen molar-refractivity contribution < 1.29 is 0 Å². The number of nitrogens with zero attached hydrogens (tertiary/aromatic N) is 3. The summed E-state index contributed by atoms with van der Waals surface area (Å²) in [5.74, 6) is 0.746. The normalized spacial score (nSPS) is 10.9. The van der Waals surface area contributed by atoms with Crippen LogP contribution in [0.15, 0.2) is 65.5 Å². The highest BCUT2D eigenvalue weighted by molar-refractivity contribution is 7.18. The highest BCUT2D eigenvalue weighted by Gasteiger charge is 2.15. The zero-order valence-electron chi connectivity index (χ0n) is 15.6. The summed E-state index contributed by atoms with van der Waals surface area (Å²) in [7, 11) is 0. The Labute approximate surface area is 167 Å². The molecule has 0 spiro atoms. The van der Waals surface area contributed by atoms with Crippen LogP contribution in [0.5, 0.6) is 0 Å². The van der Waals surface area contributed by atoms with Gasteiger partial charge in [-0.25, -0.2) is 4.98 Å². The van der Waals surface area contributed by atoms with Crippen molar-refractivity contribution in [3.63, 3.8) is 0 Å². The Balaban J connectivity index is 1.85. The molecule has 5 heteroatoms. The van der Waals surface area contributed by atoms with Crippen molar-refractivity contribution in [2.24, 2.45) is 0 Å². The third kappa shape index (κ3) is 3.60. The van der Waals surface area contributed by atoms with E-state index >= 15 is 0 Å². The fraction of sp³-hybridized carbons (Fsp3) is 0.174. The quantitative estimate of drug-likeness (QED) is 0.507. The molecule has 0 radical (unpaired) electrons. The number of rotatable bonds is 5. The standard InChI is InChI=1S/C23H19N3OS/c1-2-19-13-20-22(28-19)25-21(12-16-7-4-3-5-8-16)26(23(20)27)15-18-10-6-9-17(11-18)14-24/h3-11,13H,2,12,15H2,1H3. The van der Waals surface area contributed by atoms with E-state index in [0.717, 1.165) is 33.1 Å². The first-order chi connectivity index (χ1) is 13.7. The number of aryl methyl sites for hydroxylation is 1. The van der Waals surface area contributed by atoms with E-state index in [0.29, 0.717) is 23.9 Å². The van der Waals surface area contributed by atoms with Crippen molar-refractivity contribution in [3.05, 3.63) is 98.4 Å². The summed E-state index contributed by atoms with van der Waals surface area (Å²) in [5, 5.41) is 9.85. The SMILES string of the molecule is CCc1cc2c(=O)n(Cc3cccc(C#N)c3)c(Cc3ccccc3)nc2s1. The van der Waals surface area contributed by atoms with Crippen LogP contribution in [0.25, 0.3) is 10.2 Å². The molecule has 28 heavy (non-hydrogen) atoms. The van der Waals surface area contributed by atoms with Crippen LogP contribution < -0.4 is 5.56 Å². The molecule has 4 rings (SSSR count). The molecule has 2 heterocycles. The molecular weight excluding hydrogens is 366 g/mol. The van der Waals surface area contributed by atoms with Gasteiger partial charge in [0.2, 0.25) is 0 Å². The molecule has 0 unspecified atom stereocenters. The summed E-state index contributed by atoms with van der Waals surface area (Å²) in [6, 6.07) is 21.6. The summed E-state index contributed by atoms with van der Waals surface area (Å²) in [6.45, 7) is 2.48. The molecular formula is C23H19N3OS. The van der Waals surface area contributed by atoms with Gasteiger partial charge in [0, 0.05) is 11.3 Å². The molecule has 2 aromatic heterocycles. The van der Waals surface area contributed by atoms with Crippen LogP contribution in [0, 0.1) is 11.3 Å². The predicted octanol–water partition coefficient (Wildman–Crippen LogP) is 4.53. The van der Waals surface area contributed by atoms with E-state index in [1.807, 2.05) is 54.6 Å². The van der Waals surface area contributed by atoms with E-state index in [9.17, 15) is 10.1 Å². The van der Waals surface area contributed by atoms with Gasteiger partial charge in [-0.15, -0.1) is 11.3 Å². The van der Waals surface area contributed by atoms with E-state index in [2.05, 4.69) is 13.0 Å². The van der Waals surface area contributed by atoms with Crippen LogP contribution in [0.2, 0.25) is 0 Å². The maximum atomic E-state index is 13.3. The van der Waals surface area contributed by atoms with E-state index in [4.69, 9.17) is 4.98 Å². The molecule has 138 valence electrons. The third-order valence-electron chi connectivity index (χ3n) is 4.73. The number of hydrogen-bond donors (Lipinski definition) is 0. The largest absolute Gasteiger partial charge is 0.291 e. The fourth-order valence-electron chi connectivity index (χ4n) is 3.28. The van der Waals surface area contributed by atoms with Crippen molar-refractivity contribution in [3.8, 4) is 6.07 Å². The van der Waals surface area contributed by atoms with Gasteiger partial charge in [-0.05, 0) is 35.7 Å². The number of fused-ring (bicyclic) bond motifs is 1. The van der Waals surface area contributed by atoms with Crippen LogP contribution in [0.4, 0.5) is 0 Å². The lowest BCUT2D eigenvalue weighted by Gasteiger charge is -2.13. The molecule has 4 nitrogen and oxygen atoms in total. The minimum atomic E-state index is -0.0192. The summed E-state index contributed by atoms with van der Waals surface area (Å²) < 4.78 is 1.75. The van der Waals surface area contributed by atoms with Crippen molar-refractivity contribution in [2.75, 3.05) is 0 Å². The summed E-state index contributed by atoms with van der Waals surface area (Å²) in [5.41, 5.74) is 2.60. The molecule has 0 bridgehead atoms. The molecule has 0 atom stereocenters. The van der Waals surface area contributed by atoms with Gasteiger partial charge in [0.25, 0.3) is 5.56 Å². The Kier molecular flexibility index (Phi) is 5.05. The molecule has 0 aliphatic rings. The van der Waals surface area contributed by atoms with E-state index in [1.165, 1.54) is 0 Å². The molecule has 0 N–H and O–H groups in total. The average molecular weight is 385 g/mol. The van der Waals surface area contributed by atoms with Gasteiger partial charge in [0.1, 0.15) is 10.7 Å². The molecule has 2 aromatic carbocycles. The minimum Gasteiger partial charge on any atom is -0.291 e. The lowest BCUT2D eigenvalue weighted by Crippen LogP contribution is -2.25. The number of benzene rings is 2. The Bertz CT molecular complexity index is 1230. The van der Waals surface area contributed by atoms with Crippen LogP contribution >= 0.6 is 11.3 Å². The highest BCUT2D eigenvalue weighted by atomic mass is 32.1. The second-order valence-corrected chi connectivity index (χ2v) is 7.79. The van der Waals surface area contributed by atoms with E-state index in [-0.39, 0.29) is 5.56 Å². The summed E-state index contributed by atoms with van der Waals surface area (Å²) in [4.78, 5) is 20.1. The Morgan fingerprint density at radius 1 is 1.07 bits per heavy atom. The number of thiophene rings is 1. The predicted molar refractivity (Wildman–Crippen MR) is 113 cm³/mol. The van der Waals surface area contributed by atoms with Crippen LogP contribution in [0.1, 0.15) is 34.3 Å². The van der Waals surface area contributed by atoms with Crippen LogP contribution in [-0.2, 0) is 19.4 Å². The fourth-order valence-corrected chi connectivity index (χ4v) is 4.26. The van der Waals surface area contributed by atoms with Crippen molar-refractivity contribution >= 4 is 21.6 Å². The van der Waals surface area contributed by atoms with Crippen molar-refractivity contribution in [2.45, 2.75) is 26.3 Å². The first kappa shape index (κ1) is 18.1. The second-order valence-electron chi connectivity index (χ2n) is 6.68. The maximum absolute atomic E-state index is 13.3. The van der Waals surface area contributed by atoms with Gasteiger partial charge in [-0.1, -0.05) is 49.4 Å². The van der Waals surface area contributed by atoms with Crippen molar-refractivity contribution in [1.29, 1.82) is 5.26 Å². The van der Waals surface area contributed by atoms with Gasteiger partial charge >= 0.3 is 0 Å². The van der Waals surface area contributed by atoms with Gasteiger partial charge < -0.3 is 0 Å². The summed E-state index contributed by atoms with van der Waals surface area (Å²) >= 11 is 1.59. The molecule has 0 saturated carbocycles. The maximum Gasteiger partial charge on any atom is 0.262 e. The lowest BCUT2D eigenvalue weighted by molar-refractivity contribution is 0.694. The van der Waals surface area contributed by atoms with E-state index in [1.54, 1.807) is 22.0 Å². The molecule has 0 saturated heterocycles. The average Bonchev–Trinajstić information content (AvgIpc) is 3.15. The Morgan fingerprint density at radius 2 is 1.86 bits per heavy atom. The molecule has 0 aliphatic carbocycles. The first-order valence-corrected chi connectivity index (χ1v) is 10.0. The van der Waals surface area contributed by atoms with Gasteiger partial charge in [0.05, 0.1) is 23.6 Å². The van der Waals surface area contributed by atoms with Gasteiger partial charge in [-0.3, -0.25) is 9.36 Å². The summed E-state index contributed by atoms with van der Waals surface area (Å²) in [6.07, 6.45) is 1.47. The van der Waals surface area contributed by atoms with Crippen LogP contribution in [-0.4, -0.2) is 9.55 Å². The van der Waals surface area contributed by atoms with Crippen molar-refractivity contribution in [1.82, 2.24) is 9.55 Å². The Morgan fingerprint density at radius 3 is 2.61 bits per heavy atom. The second kappa shape index (κ2) is 7.79. The number of nitriles is 1. The topological polar surface area (TPSA) is 58.7 Å². The first-order valence-electron chi connectivity index (χ1n) is 9.23. The molecule has 0 fully saturated rings. The number of hydrogen-bond acceptors (Lipinski definition) is 4. The zero-order chi connectivity index (χ0) is 19.5. The highest BCUT2D eigenvalue weighted by Crippen LogP contribution is 2.23. The lowest BCUT2D eigenvalue weighted by atomic mass is 10.1. The molecule has 0 amide bonds. The van der Waals surface area contributed by atoms with Crippen LogP contribution in [0.3, 0.4) is 0 Å².